The summed E-state index contributed by atoms with van der Waals surface area (Å²) in [5.41, 5.74) is 1.32. The van der Waals surface area contributed by atoms with Crippen molar-refractivity contribution in [2.24, 2.45) is 5.92 Å². The monoisotopic (exact) mass is 256 g/mol. The lowest BCUT2D eigenvalue weighted by atomic mass is 10.0. The van der Waals surface area contributed by atoms with E-state index in [-0.39, 0.29) is 6.10 Å². The number of hydrogen-bond donors (Lipinski definition) is 3. The lowest BCUT2D eigenvalue weighted by molar-refractivity contribution is 0.146. The zero-order valence-corrected chi connectivity index (χ0v) is 11.0. The predicted molar refractivity (Wildman–Crippen MR) is 78.0 cm³/mol. The molecule has 0 saturated carbocycles. The van der Waals surface area contributed by atoms with Gasteiger partial charge in [0, 0.05) is 32.1 Å². The molecule has 0 radical (unpaired) electrons. The van der Waals surface area contributed by atoms with Crippen LogP contribution in [-0.2, 0) is 6.54 Å². The second kappa shape index (κ2) is 5.70. The van der Waals surface area contributed by atoms with Crippen LogP contribution in [0.5, 0.6) is 0 Å². The molecule has 0 amide bonds. The Balaban J connectivity index is 1.65. The average molecular weight is 256 g/mol. The first-order chi connectivity index (χ1) is 9.34. The summed E-state index contributed by atoms with van der Waals surface area (Å²) in [4.78, 5) is 0. The van der Waals surface area contributed by atoms with E-state index in [0.717, 1.165) is 26.2 Å². The number of fused-ring (bicyclic) bond motifs is 1. The Morgan fingerprint density at radius 3 is 2.79 bits per heavy atom. The van der Waals surface area contributed by atoms with Crippen molar-refractivity contribution in [1.82, 2.24) is 10.6 Å². The maximum Gasteiger partial charge on any atom is 0.0716 e. The van der Waals surface area contributed by atoms with E-state index in [1.54, 1.807) is 0 Å². The summed E-state index contributed by atoms with van der Waals surface area (Å²) in [6, 6.07) is 14.9. The van der Waals surface area contributed by atoms with Crippen LogP contribution < -0.4 is 10.6 Å². The lowest BCUT2D eigenvalue weighted by Gasteiger charge is -2.14. The number of aliphatic hydroxyl groups is 1. The van der Waals surface area contributed by atoms with Gasteiger partial charge in [-0.3, -0.25) is 0 Å². The minimum atomic E-state index is -0.208. The van der Waals surface area contributed by atoms with Crippen molar-refractivity contribution in [3.8, 4) is 0 Å². The molecule has 1 aliphatic rings. The van der Waals surface area contributed by atoms with Crippen LogP contribution >= 0.6 is 0 Å². The predicted octanol–water partition coefficient (Wildman–Crippen LogP) is 1.51. The third-order valence-corrected chi connectivity index (χ3v) is 3.91. The number of aliphatic hydroxyl groups excluding tert-OH is 1. The summed E-state index contributed by atoms with van der Waals surface area (Å²) in [6.07, 6.45) is -0.208. The van der Waals surface area contributed by atoms with E-state index in [1.807, 2.05) is 0 Å². The summed E-state index contributed by atoms with van der Waals surface area (Å²) in [6.45, 7) is 3.34. The van der Waals surface area contributed by atoms with Crippen molar-refractivity contribution in [3.05, 3.63) is 48.0 Å². The topological polar surface area (TPSA) is 44.3 Å². The average Bonchev–Trinajstić information content (AvgIpc) is 2.85. The fraction of sp³-hybridized carbons (Fsp3) is 0.375. The van der Waals surface area contributed by atoms with Crippen LogP contribution in [0.25, 0.3) is 10.8 Å². The first kappa shape index (κ1) is 12.6. The molecule has 0 aliphatic carbocycles. The largest absolute Gasteiger partial charge is 0.391 e. The van der Waals surface area contributed by atoms with Gasteiger partial charge < -0.3 is 15.7 Å². The van der Waals surface area contributed by atoms with Crippen molar-refractivity contribution in [3.63, 3.8) is 0 Å². The molecule has 1 heterocycles. The van der Waals surface area contributed by atoms with E-state index in [9.17, 15) is 5.11 Å². The van der Waals surface area contributed by atoms with E-state index < -0.39 is 0 Å². The van der Waals surface area contributed by atoms with E-state index in [1.165, 1.54) is 16.3 Å². The highest BCUT2D eigenvalue weighted by Crippen LogP contribution is 2.18. The Hall–Kier alpha value is -1.42. The van der Waals surface area contributed by atoms with Gasteiger partial charge in [-0.05, 0) is 16.3 Å². The van der Waals surface area contributed by atoms with Crippen LogP contribution in [0.15, 0.2) is 42.5 Å². The van der Waals surface area contributed by atoms with Gasteiger partial charge in [-0.2, -0.15) is 0 Å². The van der Waals surface area contributed by atoms with Crippen LogP contribution in [-0.4, -0.2) is 30.8 Å². The van der Waals surface area contributed by atoms with Crippen molar-refractivity contribution >= 4 is 10.8 Å². The first-order valence-corrected chi connectivity index (χ1v) is 6.91. The smallest absolute Gasteiger partial charge is 0.0716 e. The normalized spacial score (nSPS) is 23.0. The highest BCUT2D eigenvalue weighted by molar-refractivity contribution is 5.85. The highest BCUT2D eigenvalue weighted by Gasteiger charge is 2.23. The maximum atomic E-state index is 9.76. The number of benzene rings is 2. The van der Waals surface area contributed by atoms with Gasteiger partial charge in [-0.25, -0.2) is 0 Å². The summed E-state index contributed by atoms with van der Waals surface area (Å²) in [7, 11) is 0. The molecule has 3 heteroatoms. The standard InChI is InChI=1S/C16H20N2O/c19-16-11-18-10-14(16)9-17-8-13-6-3-5-12-4-1-2-7-15(12)13/h1-7,14,16-19H,8-11H2. The molecule has 1 saturated heterocycles. The van der Waals surface area contributed by atoms with Gasteiger partial charge in [0.1, 0.15) is 0 Å². The van der Waals surface area contributed by atoms with Gasteiger partial charge in [0.05, 0.1) is 6.10 Å². The Bertz CT molecular complexity index is 550. The SMILES string of the molecule is OC1CNCC1CNCc1cccc2ccccc12. The van der Waals surface area contributed by atoms with Crippen molar-refractivity contribution in [2.45, 2.75) is 12.6 Å². The number of β-amino-alcohol motifs (C(OH)–C–C–N with tert-alkyl or cyclic N) is 1. The summed E-state index contributed by atoms with van der Waals surface area (Å²) in [5.74, 6) is 0.329. The van der Waals surface area contributed by atoms with Gasteiger partial charge in [0.2, 0.25) is 0 Å². The second-order valence-corrected chi connectivity index (χ2v) is 5.25. The Labute approximate surface area is 113 Å². The second-order valence-electron chi connectivity index (χ2n) is 5.25. The van der Waals surface area contributed by atoms with Crippen molar-refractivity contribution in [1.29, 1.82) is 0 Å². The Morgan fingerprint density at radius 1 is 1.11 bits per heavy atom. The molecule has 3 nitrogen and oxygen atoms in total. The van der Waals surface area contributed by atoms with Crippen molar-refractivity contribution in [2.75, 3.05) is 19.6 Å². The van der Waals surface area contributed by atoms with Crippen LogP contribution in [0.3, 0.4) is 0 Å². The zero-order chi connectivity index (χ0) is 13.1. The zero-order valence-electron chi connectivity index (χ0n) is 11.0. The number of hydrogen-bond acceptors (Lipinski definition) is 3. The van der Waals surface area contributed by atoms with E-state index in [0.29, 0.717) is 5.92 Å². The minimum absolute atomic E-state index is 0.208. The fourth-order valence-electron chi connectivity index (χ4n) is 2.77. The van der Waals surface area contributed by atoms with Crippen LogP contribution in [0.4, 0.5) is 0 Å². The molecule has 0 aromatic heterocycles. The molecule has 2 aromatic rings. The third-order valence-electron chi connectivity index (χ3n) is 3.91. The quantitative estimate of drug-likeness (QED) is 0.777. The molecule has 100 valence electrons. The Morgan fingerprint density at radius 2 is 1.95 bits per heavy atom. The molecule has 2 aromatic carbocycles. The van der Waals surface area contributed by atoms with Crippen molar-refractivity contribution < 1.29 is 5.11 Å². The molecule has 0 bridgehead atoms. The molecule has 0 spiro atoms. The molecular weight excluding hydrogens is 236 g/mol. The molecule has 19 heavy (non-hydrogen) atoms. The van der Waals surface area contributed by atoms with E-state index in [4.69, 9.17) is 0 Å². The molecule has 1 aliphatic heterocycles. The Kier molecular flexibility index (Phi) is 3.78. The van der Waals surface area contributed by atoms with Gasteiger partial charge in [-0.1, -0.05) is 42.5 Å². The van der Waals surface area contributed by atoms with Gasteiger partial charge in [0.15, 0.2) is 0 Å². The van der Waals surface area contributed by atoms with Crippen LogP contribution in [0.2, 0.25) is 0 Å². The first-order valence-electron chi connectivity index (χ1n) is 6.91. The minimum Gasteiger partial charge on any atom is -0.391 e. The third kappa shape index (κ3) is 2.78. The summed E-state index contributed by atoms with van der Waals surface area (Å²) < 4.78 is 0. The van der Waals surface area contributed by atoms with Crippen LogP contribution in [0, 0.1) is 5.92 Å². The van der Waals surface area contributed by atoms with Crippen LogP contribution in [0.1, 0.15) is 5.56 Å². The molecule has 2 atom stereocenters. The van der Waals surface area contributed by atoms with Gasteiger partial charge in [-0.15, -0.1) is 0 Å². The summed E-state index contributed by atoms with van der Waals surface area (Å²) >= 11 is 0. The molecule has 2 unspecified atom stereocenters. The lowest BCUT2D eigenvalue weighted by Crippen LogP contribution is -2.30. The van der Waals surface area contributed by atoms with Gasteiger partial charge >= 0.3 is 0 Å². The fourth-order valence-corrected chi connectivity index (χ4v) is 2.77. The number of rotatable bonds is 4. The summed E-state index contributed by atoms with van der Waals surface area (Å²) in [5, 5.41) is 19.0. The molecule has 3 rings (SSSR count). The highest BCUT2D eigenvalue weighted by atomic mass is 16.3. The number of nitrogens with one attached hydrogen (secondary N) is 2. The van der Waals surface area contributed by atoms with Gasteiger partial charge in [0.25, 0.3) is 0 Å². The molecule has 3 N–H and O–H groups in total. The van der Waals surface area contributed by atoms with E-state index in [2.05, 4.69) is 53.1 Å². The maximum absolute atomic E-state index is 9.76. The van der Waals surface area contributed by atoms with E-state index >= 15 is 0 Å². The molecular formula is C16H20N2O. The molecule has 1 fully saturated rings.